The molecule has 106 valence electrons. The third-order valence-corrected chi connectivity index (χ3v) is 5.11. The van der Waals surface area contributed by atoms with E-state index in [0.717, 1.165) is 18.6 Å². The fourth-order valence-electron chi connectivity index (χ4n) is 3.83. The summed E-state index contributed by atoms with van der Waals surface area (Å²) < 4.78 is 5.33. The number of hydrogen-bond donors (Lipinski definition) is 2. The standard InChI is InChI=1S/C15H17NO4/c17-14(10-5-9(10)13-2-1-3-20-13)16-12-6-11(15(18)19)7-4-8(7)12/h1-3,7-12H,4-6H2,(H,16,17)(H,18,19)/t7-,8+,9-,10-,11-,12+/m1/s1. The zero-order chi connectivity index (χ0) is 13.9. The Bertz CT molecular complexity index is 552. The highest BCUT2D eigenvalue weighted by molar-refractivity contribution is 5.83. The molecule has 5 heteroatoms. The minimum absolute atomic E-state index is 0.00206. The highest BCUT2D eigenvalue weighted by Crippen LogP contribution is 2.56. The Morgan fingerprint density at radius 1 is 1.20 bits per heavy atom. The van der Waals surface area contributed by atoms with Crippen molar-refractivity contribution in [3.8, 4) is 0 Å². The van der Waals surface area contributed by atoms with Crippen molar-refractivity contribution in [2.24, 2.45) is 23.7 Å². The molecule has 0 aromatic carbocycles. The molecule has 0 radical (unpaired) electrons. The van der Waals surface area contributed by atoms with Gasteiger partial charge < -0.3 is 14.8 Å². The summed E-state index contributed by atoms with van der Waals surface area (Å²) >= 11 is 0. The number of carbonyl (C=O) groups is 2. The fourth-order valence-corrected chi connectivity index (χ4v) is 3.83. The van der Waals surface area contributed by atoms with Gasteiger partial charge in [-0.15, -0.1) is 0 Å². The lowest BCUT2D eigenvalue weighted by Crippen LogP contribution is -2.37. The van der Waals surface area contributed by atoms with Crippen molar-refractivity contribution in [1.82, 2.24) is 5.32 Å². The second kappa shape index (κ2) is 4.11. The van der Waals surface area contributed by atoms with E-state index >= 15 is 0 Å². The maximum atomic E-state index is 12.2. The van der Waals surface area contributed by atoms with Gasteiger partial charge in [0, 0.05) is 17.9 Å². The molecule has 0 aliphatic heterocycles. The molecule has 20 heavy (non-hydrogen) atoms. The molecule has 4 rings (SSSR count). The first kappa shape index (κ1) is 12.0. The average Bonchev–Trinajstić information content (AvgIpc) is 3.30. The van der Waals surface area contributed by atoms with Crippen LogP contribution in [-0.4, -0.2) is 23.0 Å². The Kier molecular flexibility index (Phi) is 2.46. The lowest BCUT2D eigenvalue weighted by molar-refractivity contribution is -0.142. The van der Waals surface area contributed by atoms with Crippen molar-refractivity contribution in [1.29, 1.82) is 0 Å². The summed E-state index contributed by atoms with van der Waals surface area (Å²) in [7, 11) is 0. The second-order valence-corrected chi connectivity index (χ2v) is 6.32. The molecule has 1 amide bonds. The third-order valence-electron chi connectivity index (χ3n) is 5.11. The number of rotatable bonds is 4. The molecular weight excluding hydrogens is 258 g/mol. The highest BCUT2D eigenvalue weighted by Gasteiger charge is 2.58. The van der Waals surface area contributed by atoms with Crippen LogP contribution >= 0.6 is 0 Å². The number of fused-ring (bicyclic) bond motifs is 1. The van der Waals surface area contributed by atoms with Gasteiger partial charge in [-0.25, -0.2) is 0 Å². The maximum Gasteiger partial charge on any atom is 0.306 e. The zero-order valence-electron chi connectivity index (χ0n) is 11.0. The van der Waals surface area contributed by atoms with Crippen LogP contribution in [-0.2, 0) is 9.59 Å². The minimum atomic E-state index is -0.714. The molecule has 3 saturated carbocycles. The first-order chi connectivity index (χ1) is 9.65. The van der Waals surface area contributed by atoms with E-state index in [1.54, 1.807) is 6.26 Å². The lowest BCUT2D eigenvalue weighted by atomic mass is 10.0. The van der Waals surface area contributed by atoms with Crippen LogP contribution < -0.4 is 5.32 Å². The van der Waals surface area contributed by atoms with Crippen molar-refractivity contribution in [3.05, 3.63) is 24.2 Å². The van der Waals surface area contributed by atoms with Gasteiger partial charge in [-0.1, -0.05) is 0 Å². The van der Waals surface area contributed by atoms with Crippen LogP contribution in [0.5, 0.6) is 0 Å². The summed E-state index contributed by atoms with van der Waals surface area (Å²) in [5.74, 6) is 0.856. The van der Waals surface area contributed by atoms with Gasteiger partial charge in [0.2, 0.25) is 5.91 Å². The molecule has 6 atom stereocenters. The van der Waals surface area contributed by atoms with Crippen LogP contribution in [0.15, 0.2) is 22.8 Å². The van der Waals surface area contributed by atoms with Gasteiger partial charge in [-0.05, 0) is 43.2 Å². The van der Waals surface area contributed by atoms with Crippen LogP contribution in [0.3, 0.4) is 0 Å². The Balaban J connectivity index is 1.35. The predicted octanol–water partition coefficient (Wildman–Crippen LogP) is 1.61. The molecule has 0 saturated heterocycles. The summed E-state index contributed by atoms with van der Waals surface area (Å²) in [6, 6.07) is 3.81. The summed E-state index contributed by atoms with van der Waals surface area (Å²) in [6.07, 6.45) is 4.01. The van der Waals surface area contributed by atoms with Gasteiger partial charge in [-0.3, -0.25) is 9.59 Å². The quantitative estimate of drug-likeness (QED) is 0.875. The molecule has 3 fully saturated rings. The van der Waals surface area contributed by atoms with Crippen LogP contribution in [0.4, 0.5) is 0 Å². The first-order valence-corrected chi connectivity index (χ1v) is 7.21. The van der Waals surface area contributed by atoms with Crippen LogP contribution in [0, 0.1) is 23.7 Å². The Morgan fingerprint density at radius 2 is 2.05 bits per heavy atom. The number of hydrogen-bond acceptors (Lipinski definition) is 3. The fraction of sp³-hybridized carbons (Fsp3) is 0.600. The van der Waals surface area contributed by atoms with E-state index in [4.69, 9.17) is 9.52 Å². The monoisotopic (exact) mass is 275 g/mol. The molecule has 2 N–H and O–H groups in total. The molecular formula is C15H17NO4. The Morgan fingerprint density at radius 3 is 2.70 bits per heavy atom. The summed E-state index contributed by atoms with van der Waals surface area (Å²) in [6.45, 7) is 0. The third kappa shape index (κ3) is 1.84. The molecule has 3 aliphatic carbocycles. The smallest absolute Gasteiger partial charge is 0.306 e. The van der Waals surface area contributed by atoms with Crippen LogP contribution in [0.2, 0.25) is 0 Å². The number of furan rings is 1. The molecule has 1 heterocycles. The summed E-state index contributed by atoms with van der Waals surface area (Å²) in [4.78, 5) is 23.3. The number of aliphatic carboxylic acids is 1. The molecule has 3 aliphatic rings. The number of carbonyl (C=O) groups excluding carboxylic acids is 1. The SMILES string of the molecule is O=C(O)[C@@H]1C[C@H](NC(=O)[C@@H]2C[C@H]2c2ccco2)[C@H]2C[C@H]21. The van der Waals surface area contributed by atoms with Crippen molar-refractivity contribution < 1.29 is 19.1 Å². The van der Waals surface area contributed by atoms with Gasteiger partial charge in [0.15, 0.2) is 0 Å². The van der Waals surface area contributed by atoms with Crippen LogP contribution in [0.25, 0.3) is 0 Å². The maximum absolute atomic E-state index is 12.2. The molecule has 0 spiro atoms. The normalized spacial score (nSPS) is 41.0. The highest BCUT2D eigenvalue weighted by atomic mass is 16.4. The van der Waals surface area contributed by atoms with Crippen LogP contribution in [0.1, 0.15) is 30.9 Å². The van der Waals surface area contributed by atoms with Gasteiger partial charge in [0.25, 0.3) is 0 Å². The van der Waals surface area contributed by atoms with Gasteiger partial charge in [0.05, 0.1) is 12.2 Å². The van der Waals surface area contributed by atoms with Gasteiger partial charge in [-0.2, -0.15) is 0 Å². The molecule has 5 nitrogen and oxygen atoms in total. The van der Waals surface area contributed by atoms with E-state index in [2.05, 4.69) is 5.32 Å². The zero-order valence-corrected chi connectivity index (χ0v) is 11.0. The van der Waals surface area contributed by atoms with E-state index in [9.17, 15) is 9.59 Å². The molecule has 1 aromatic rings. The Hall–Kier alpha value is -1.78. The van der Waals surface area contributed by atoms with E-state index < -0.39 is 5.97 Å². The topological polar surface area (TPSA) is 79.5 Å². The van der Waals surface area contributed by atoms with Gasteiger partial charge >= 0.3 is 5.97 Å². The molecule has 1 aromatic heterocycles. The summed E-state index contributed by atoms with van der Waals surface area (Å²) in [5.41, 5.74) is 0. The number of nitrogens with one attached hydrogen (secondary N) is 1. The van der Waals surface area contributed by atoms with E-state index in [1.807, 2.05) is 12.1 Å². The second-order valence-electron chi connectivity index (χ2n) is 6.32. The lowest BCUT2D eigenvalue weighted by Gasteiger charge is -2.15. The number of carboxylic acid groups (broad SMARTS) is 1. The van der Waals surface area contributed by atoms with Crippen molar-refractivity contribution in [3.63, 3.8) is 0 Å². The van der Waals surface area contributed by atoms with E-state index in [-0.39, 0.29) is 35.6 Å². The van der Waals surface area contributed by atoms with E-state index in [1.165, 1.54) is 0 Å². The largest absolute Gasteiger partial charge is 0.481 e. The number of amides is 1. The van der Waals surface area contributed by atoms with Crippen molar-refractivity contribution >= 4 is 11.9 Å². The first-order valence-electron chi connectivity index (χ1n) is 7.21. The average molecular weight is 275 g/mol. The number of carboxylic acids is 1. The minimum Gasteiger partial charge on any atom is -0.481 e. The van der Waals surface area contributed by atoms with E-state index in [0.29, 0.717) is 12.3 Å². The van der Waals surface area contributed by atoms with Crippen molar-refractivity contribution in [2.75, 3.05) is 0 Å². The van der Waals surface area contributed by atoms with Crippen molar-refractivity contribution in [2.45, 2.75) is 31.2 Å². The predicted molar refractivity (Wildman–Crippen MR) is 68.8 cm³/mol. The Labute approximate surface area is 116 Å². The summed E-state index contributed by atoms with van der Waals surface area (Å²) in [5, 5.41) is 12.2. The van der Waals surface area contributed by atoms with Gasteiger partial charge in [0.1, 0.15) is 5.76 Å². The molecule has 0 bridgehead atoms. The molecule has 0 unspecified atom stereocenters.